The molecule has 0 aromatic heterocycles. The first-order chi connectivity index (χ1) is 19.5. The Morgan fingerprint density at radius 1 is 0.683 bits per heavy atom. The number of halogens is 6. The van der Waals surface area contributed by atoms with E-state index >= 15 is 0 Å². The van der Waals surface area contributed by atoms with Crippen molar-refractivity contribution in [1.82, 2.24) is 4.90 Å². The van der Waals surface area contributed by atoms with Gasteiger partial charge < -0.3 is 4.90 Å². The highest BCUT2D eigenvalue weighted by Crippen LogP contribution is 2.57. The molecule has 4 rings (SSSR count). The minimum atomic E-state index is -4.51. The topological polar surface area (TPSA) is 3.24 Å². The van der Waals surface area contributed by atoms with Crippen LogP contribution >= 0.6 is 0 Å². The minimum Gasteiger partial charge on any atom is -0.300 e. The summed E-state index contributed by atoms with van der Waals surface area (Å²) in [7, 11) is 0. The molecule has 1 unspecified atom stereocenters. The fourth-order valence-electron chi connectivity index (χ4n) is 7.76. The average molecular weight is 582 g/mol. The van der Waals surface area contributed by atoms with Crippen LogP contribution in [0, 0.1) is 0 Å². The Kier molecular flexibility index (Phi) is 10.2. The lowest BCUT2D eigenvalue weighted by molar-refractivity contribution is -0.191. The number of alkyl halides is 6. The predicted molar refractivity (Wildman–Crippen MR) is 153 cm³/mol. The number of hydrogen-bond acceptors (Lipinski definition) is 1. The fraction of sp³-hybridized carbons (Fsp3) is 0.647. The summed E-state index contributed by atoms with van der Waals surface area (Å²) < 4.78 is 89.1. The number of nitrogens with zero attached hydrogens (tertiary/aromatic N) is 1. The molecule has 1 atom stereocenters. The first-order valence-electron chi connectivity index (χ1n) is 15.5. The first kappa shape index (κ1) is 31.9. The Morgan fingerprint density at radius 2 is 1.20 bits per heavy atom. The largest absolute Gasteiger partial charge is 0.398 e. The monoisotopic (exact) mass is 581 g/mol. The van der Waals surface area contributed by atoms with Gasteiger partial charge in [-0.2, -0.15) is 26.3 Å². The molecular weight excluding hydrogens is 536 g/mol. The molecule has 0 aliphatic heterocycles. The number of rotatable bonds is 12. The van der Waals surface area contributed by atoms with E-state index in [4.69, 9.17) is 0 Å². The van der Waals surface area contributed by atoms with Crippen molar-refractivity contribution in [2.24, 2.45) is 0 Å². The van der Waals surface area contributed by atoms with Gasteiger partial charge in [0.1, 0.15) is 0 Å². The Morgan fingerprint density at radius 3 is 1.63 bits per heavy atom. The summed E-state index contributed by atoms with van der Waals surface area (Å²) >= 11 is 0. The van der Waals surface area contributed by atoms with Crippen molar-refractivity contribution in [3.8, 4) is 0 Å². The zero-order chi connectivity index (χ0) is 29.7. The number of benzene rings is 2. The van der Waals surface area contributed by atoms with Crippen LogP contribution in [0.2, 0.25) is 0 Å². The van der Waals surface area contributed by atoms with E-state index in [0.717, 1.165) is 32.4 Å². The molecule has 0 N–H and O–H groups in total. The molecule has 2 aromatic rings. The third kappa shape index (κ3) is 6.50. The average Bonchev–Trinajstić information content (AvgIpc) is 3.64. The molecule has 2 aliphatic carbocycles. The van der Waals surface area contributed by atoms with Gasteiger partial charge in [-0.1, -0.05) is 88.1 Å². The van der Waals surface area contributed by atoms with E-state index in [1.165, 1.54) is 23.8 Å². The van der Waals surface area contributed by atoms with Gasteiger partial charge in [-0.3, -0.25) is 0 Å². The third-order valence-corrected chi connectivity index (χ3v) is 9.96. The van der Waals surface area contributed by atoms with E-state index in [-0.39, 0.29) is 49.3 Å². The first-order valence-corrected chi connectivity index (χ1v) is 15.5. The van der Waals surface area contributed by atoms with E-state index < -0.39 is 23.2 Å². The highest BCUT2D eigenvalue weighted by atomic mass is 19.4. The molecule has 2 aromatic carbocycles. The SMILES string of the molecule is CCCN(CCc1ccccc1)C(CC)CCc1c(C2(C(F)(F)F)CCCC2)cccc1C1(C(F)(F)F)CCCC1. The lowest BCUT2D eigenvalue weighted by Crippen LogP contribution is -2.44. The summed E-state index contributed by atoms with van der Waals surface area (Å²) in [5.41, 5.74) is -2.38. The summed E-state index contributed by atoms with van der Waals surface area (Å²) in [4.78, 5) is 2.39. The minimum absolute atomic E-state index is 0.0534. The van der Waals surface area contributed by atoms with Crippen molar-refractivity contribution in [2.45, 2.75) is 127 Å². The molecule has 0 amide bonds. The van der Waals surface area contributed by atoms with E-state index in [2.05, 4.69) is 30.9 Å². The predicted octanol–water partition coefficient (Wildman–Crippen LogP) is 10.1. The van der Waals surface area contributed by atoms with Crippen molar-refractivity contribution in [3.63, 3.8) is 0 Å². The van der Waals surface area contributed by atoms with Crippen molar-refractivity contribution >= 4 is 0 Å². The third-order valence-electron chi connectivity index (χ3n) is 9.96. The van der Waals surface area contributed by atoms with Crippen LogP contribution in [0.4, 0.5) is 26.3 Å². The van der Waals surface area contributed by atoms with Crippen LogP contribution in [-0.2, 0) is 23.7 Å². The van der Waals surface area contributed by atoms with E-state index in [9.17, 15) is 26.3 Å². The quantitative estimate of drug-likeness (QED) is 0.226. The molecule has 228 valence electrons. The molecular formula is C34H45F6N. The second kappa shape index (κ2) is 13.1. The molecule has 0 heterocycles. The molecule has 7 heteroatoms. The highest BCUT2D eigenvalue weighted by molar-refractivity contribution is 5.47. The summed E-state index contributed by atoms with van der Waals surface area (Å²) in [6, 6.07) is 14.7. The second-order valence-electron chi connectivity index (χ2n) is 12.3. The fourth-order valence-corrected chi connectivity index (χ4v) is 7.76. The molecule has 2 saturated carbocycles. The van der Waals surface area contributed by atoms with Gasteiger partial charge in [-0.05, 0) is 86.6 Å². The Hall–Kier alpha value is -2.02. The smallest absolute Gasteiger partial charge is 0.300 e. The van der Waals surface area contributed by atoms with Crippen LogP contribution in [0.5, 0.6) is 0 Å². The standard InChI is InChI=1S/C34H45F6N/c1-3-24-41(25-19-26-13-6-5-7-14-26)27(4-2)17-18-28-29(31(33(35,36)37)20-8-9-21-31)15-12-16-30(28)32(34(38,39)40)22-10-11-23-32/h5-7,12-16,27H,3-4,8-11,17-25H2,1-2H3. The zero-order valence-corrected chi connectivity index (χ0v) is 24.5. The number of hydrogen-bond donors (Lipinski definition) is 0. The Balaban J connectivity index is 1.73. The highest BCUT2D eigenvalue weighted by Gasteiger charge is 2.60. The van der Waals surface area contributed by atoms with Gasteiger partial charge >= 0.3 is 12.4 Å². The molecule has 0 saturated heterocycles. The lowest BCUT2D eigenvalue weighted by Gasteiger charge is -2.39. The molecule has 2 aliphatic rings. The second-order valence-corrected chi connectivity index (χ2v) is 12.3. The molecule has 1 nitrogen and oxygen atoms in total. The van der Waals surface area contributed by atoms with Gasteiger partial charge in [-0.15, -0.1) is 0 Å². The molecule has 2 fully saturated rings. The van der Waals surface area contributed by atoms with Crippen LogP contribution < -0.4 is 0 Å². The van der Waals surface area contributed by atoms with Gasteiger partial charge in [-0.25, -0.2) is 0 Å². The summed E-state index contributed by atoms with van der Waals surface area (Å²) in [6.45, 7) is 5.84. The van der Waals surface area contributed by atoms with Gasteiger partial charge in [0.2, 0.25) is 0 Å². The molecule has 0 radical (unpaired) electrons. The van der Waals surface area contributed by atoms with Gasteiger partial charge in [0, 0.05) is 12.6 Å². The maximum absolute atomic E-state index is 14.8. The van der Waals surface area contributed by atoms with E-state index in [1.807, 2.05) is 18.2 Å². The Labute approximate surface area is 241 Å². The van der Waals surface area contributed by atoms with Crippen LogP contribution in [-0.4, -0.2) is 36.4 Å². The van der Waals surface area contributed by atoms with E-state index in [0.29, 0.717) is 37.7 Å². The molecule has 0 spiro atoms. The zero-order valence-electron chi connectivity index (χ0n) is 24.5. The summed E-state index contributed by atoms with van der Waals surface area (Å²) in [5, 5.41) is 0. The van der Waals surface area contributed by atoms with Crippen molar-refractivity contribution in [2.75, 3.05) is 13.1 Å². The van der Waals surface area contributed by atoms with Crippen LogP contribution in [0.1, 0.15) is 107 Å². The van der Waals surface area contributed by atoms with Crippen molar-refractivity contribution in [3.05, 3.63) is 70.8 Å². The summed E-state index contributed by atoms with van der Waals surface area (Å²) in [5.74, 6) is 0. The maximum Gasteiger partial charge on any atom is 0.398 e. The van der Waals surface area contributed by atoms with Crippen LogP contribution in [0.3, 0.4) is 0 Å². The van der Waals surface area contributed by atoms with Crippen molar-refractivity contribution in [1.29, 1.82) is 0 Å². The normalized spacial score (nSPS) is 19.6. The van der Waals surface area contributed by atoms with Crippen LogP contribution in [0.25, 0.3) is 0 Å². The maximum atomic E-state index is 14.8. The van der Waals surface area contributed by atoms with Gasteiger partial charge in [0.15, 0.2) is 0 Å². The Bertz CT molecular complexity index is 1040. The van der Waals surface area contributed by atoms with Crippen LogP contribution in [0.15, 0.2) is 48.5 Å². The van der Waals surface area contributed by atoms with Crippen molar-refractivity contribution < 1.29 is 26.3 Å². The molecule has 0 bridgehead atoms. The van der Waals surface area contributed by atoms with E-state index in [1.54, 1.807) is 0 Å². The molecule has 41 heavy (non-hydrogen) atoms. The van der Waals surface area contributed by atoms with Gasteiger partial charge in [0.05, 0.1) is 10.8 Å². The van der Waals surface area contributed by atoms with Gasteiger partial charge in [0.25, 0.3) is 0 Å². The lowest BCUT2D eigenvalue weighted by atomic mass is 9.68. The summed E-state index contributed by atoms with van der Waals surface area (Å²) in [6.07, 6.45) is -4.13.